The fraction of sp³-hybridized carbons (Fsp3) is 0.885. The van der Waals surface area contributed by atoms with E-state index in [1.165, 1.54) is 96.3 Å². The molecule has 70 heavy (non-hydrogen) atoms. The molecule has 2 fully saturated rings. The van der Waals surface area contributed by atoms with Crippen LogP contribution in [0.2, 0.25) is 0 Å². The van der Waals surface area contributed by atoms with Gasteiger partial charge in [-0.25, -0.2) is 0 Å². The molecule has 0 bridgehead atoms. The summed E-state index contributed by atoms with van der Waals surface area (Å²) < 4.78 is 22.0. The summed E-state index contributed by atoms with van der Waals surface area (Å²) in [5, 5.41) is 112. The molecule has 2 heterocycles. The van der Waals surface area contributed by atoms with Crippen molar-refractivity contribution in [1.29, 1.82) is 0 Å². The standard InChI is InChI=1S/C29H56O10.C17H28O2.C6H14O6/c1-2-3-4-5-6-7-8-9-10-11-12-13-14-21(15-36-17-24(32)28-26(34)22(30)19-38-28)16-37-18-25(33)29-27(35)23(31)20-39-29;1-2-3-4-5-6-7-8-9-10-11-12-13-14-17(15-18)16-19;7-1-3(9)5(11)6(12)4(10)2-8/h21-35H,2-20H2,1H3;2,9-10,15-17H,1,3-8,11-14H2;3-12H,1-2H2/b;10-9-;/t;;3-,4+,5-,6-/m..1/s1. The maximum absolute atomic E-state index is 10.4. The van der Waals surface area contributed by atoms with Gasteiger partial charge in [0, 0.05) is 5.92 Å². The minimum atomic E-state index is -1.67. The van der Waals surface area contributed by atoms with Crippen molar-refractivity contribution in [2.45, 2.75) is 228 Å². The molecule has 0 aromatic heterocycles. The van der Waals surface area contributed by atoms with Gasteiger partial charge in [-0.2, -0.15) is 0 Å². The van der Waals surface area contributed by atoms with Crippen molar-refractivity contribution >= 4 is 12.6 Å². The van der Waals surface area contributed by atoms with Crippen LogP contribution in [0.4, 0.5) is 0 Å². The third-order valence-electron chi connectivity index (χ3n) is 12.6. The van der Waals surface area contributed by atoms with Crippen LogP contribution in [0.3, 0.4) is 0 Å². The van der Waals surface area contributed by atoms with E-state index >= 15 is 0 Å². The van der Waals surface area contributed by atoms with Gasteiger partial charge in [-0.05, 0) is 51.4 Å². The van der Waals surface area contributed by atoms with Crippen molar-refractivity contribution in [2.75, 3.05) is 52.9 Å². The maximum atomic E-state index is 10.4. The van der Waals surface area contributed by atoms with Crippen molar-refractivity contribution in [3.63, 3.8) is 0 Å². The minimum absolute atomic E-state index is 0.0168. The number of carbonyl (C=O) groups excluding carboxylic acids is 2. The number of ether oxygens (including phenoxy) is 4. The Balaban J connectivity index is 0.00000126. The zero-order valence-electron chi connectivity index (χ0n) is 42.4. The smallest absolute Gasteiger partial charge is 0.130 e. The summed E-state index contributed by atoms with van der Waals surface area (Å²) in [5.41, 5.74) is 0. The molecule has 0 saturated carbocycles. The Bertz CT molecular complexity index is 1170. The first-order chi connectivity index (χ1) is 33.7. The lowest BCUT2D eigenvalue weighted by Gasteiger charge is -2.24. The van der Waals surface area contributed by atoms with Crippen LogP contribution in [0.5, 0.6) is 0 Å². The fourth-order valence-corrected chi connectivity index (χ4v) is 7.94. The predicted octanol–water partition coefficient (Wildman–Crippen LogP) is 2.75. The first-order valence-corrected chi connectivity index (χ1v) is 26.3. The lowest BCUT2D eigenvalue weighted by molar-refractivity contribution is -0.123. The molecule has 0 aromatic carbocycles. The Morgan fingerprint density at radius 3 is 1.27 bits per heavy atom. The second kappa shape index (κ2) is 45.8. The monoisotopic (exact) mass is 1010 g/mol. The van der Waals surface area contributed by atoms with E-state index in [0.29, 0.717) is 19.6 Å². The number of allylic oxidation sites excluding steroid dienone is 3. The van der Waals surface area contributed by atoms with Gasteiger partial charge >= 0.3 is 0 Å². The molecular formula is C52H98O18. The van der Waals surface area contributed by atoms with Crippen molar-refractivity contribution in [3.8, 4) is 0 Å². The van der Waals surface area contributed by atoms with Crippen LogP contribution in [-0.2, 0) is 28.5 Å². The lowest BCUT2D eigenvalue weighted by Crippen LogP contribution is -2.46. The Kier molecular flexibility index (Phi) is 44.6. The number of aliphatic hydroxyl groups excluding tert-OH is 12. The van der Waals surface area contributed by atoms with Gasteiger partial charge in [-0.1, -0.05) is 121 Å². The molecular weight excluding hydrogens is 913 g/mol. The summed E-state index contributed by atoms with van der Waals surface area (Å²) in [4.78, 5) is 20.8. The molecule has 0 radical (unpaired) electrons. The van der Waals surface area contributed by atoms with Crippen molar-refractivity contribution in [3.05, 3.63) is 24.8 Å². The van der Waals surface area contributed by atoms with Crippen molar-refractivity contribution in [2.24, 2.45) is 11.8 Å². The summed E-state index contributed by atoms with van der Waals surface area (Å²) >= 11 is 0. The molecule has 2 aliphatic rings. The molecule has 0 aromatic rings. The number of carbonyl (C=O) groups is 2. The molecule has 2 rings (SSSR count). The fourth-order valence-electron chi connectivity index (χ4n) is 7.94. The van der Waals surface area contributed by atoms with Crippen LogP contribution >= 0.6 is 0 Å². The van der Waals surface area contributed by atoms with E-state index in [-0.39, 0.29) is 38.3 Å². The second-order valence-corrected chi connectivity index (χ2v) is 18.9. The highest BCUT2D eigenvalue weighted by Crippen LogP contribution is 2.21. The van der Waals surface area contributed by atoms with Gasteiger partial charge in [0.2, 0.25) is 0 Å². The van der Waals surface area contributed by atoms with E-state index in [0.717, 1.165) is 57.5 Å². The van der Waals surface area contributed by atoms with Gasteiger partial charge in [0.1, 0.15) is 85.8 Å². The van der Waals surface area contributed by atoms with Gasteiger partial charge in [-0.15, -0.1) is 6.58 Å². The summed E-state index contributed by atoms with van der Waals surface area (Å²) in [5.74, 6) is -0.355. The van der Waals surface area contributed by atoms with Crippen LogP contribution < -0.4 is 0 Å². The van der Waals surface area contributed by atoms with Gasteiger partial charge in [0.05, 0.1) is 58.8 Å². The third-order valence-corrected chi connectivity index (χ3v) is 12.6. The number of aldehydes is 2. The van der Waals surface area contributed by atoms with Crippen molar-refractivity contribution in [1.82, 2.24) is 0 Å². The number of rotatable bonds is 42. The molecule has 414 valence electrons. The first-order valence-electron chi connectivity index (χ1n) is 26.3. The molecule has 12 atom stereocenters. The molecule has 0 spiro atoms. The maximum Gasteiger partial charge on any atom is 0.130 e. The molecule has 18 heteroatoms. The average molecular weight is 1010 g/mol. The first kappa shape index (κ1) is 68.2. The van der Waals surface area contributed by atoms with Gasteiger partial charge in [0.15, 0.2) is 0 Å². The Labute approximate surface area is 418 Å². The van der Waals surface area contributed by atoms with E-state index < -0.39 is 86.5 Å². The van der Waals surface area contributed by atoms with Gasteiger partial charge in [-0.3, -0.25) is 0 Å². The largest absolute Gasteiger partial charge is 0.394 e. The van der Waals surface area contributed by atoms with Crippen LogP contribution in [0.25, 0.3) is 0 Å². The highest BCUT2D eigenvalue weighted by Gasteiger charge is 2.40. The quantitative estimate of drug-likeness (QED) is 0.0181. The molecule has 0 aliphatic carbocycles. The molecule has 12 N–H and O–H groups in total. The van der Waals surface area contributed by atoms with Gasteiger partial charge in [0.25, 0.3) is 0 Å². The summed E-state index contributed by atoms with van der Waals surface area (Å²) in [6, 6.07) is 0. The number of aliphatic hydroxyl groups is 12. The van der Waals surface area contributed by atoms with Crippen LogP contribution in [0, 0.1) is 11.8 Å². The van der Waals surface area contributed by atoms with E-state index in [4.69, 9.17) is 49.6 Å². The zero-order chi connectivity index (χ0) is 52.4. The molecule has 18 nitrogen and oxygen atoms in total. The van der Waals surface area contributed by atoms with Crippen LogP contribution in [0.15, 0.2) is 24.8 Å². The number of unbranched alkanes of at least 4 members (excludes halogenated alkanes) is 18. The van der Waals surface area contributed by atoms with Crippen LogP contribution in [0.1, 0.15) is 155 Å². The SMILES string of the molecule is C=CCCCCCC/C=C\CCCCC(C=O)C=O.CCCCCCCCCCCCCCC(COCC(O)C1OCC(O)C1O)COCC(O)C1OCC(O)C1O.OC[C@@H](O)[C@@H](O)[C@H](O)[C@@H](O)CO. The van der Waals surface area contributed by atoms with E-state index in [1.807, 2.05) is 6.08 Å². The van der Waals surface area contributed by atoms with E-state index in [9.17, 15) is 40.2 Å². The van der Waals surface area contributed by atoms with E-state index in [2.05, 4.69) is 25.7 Å². The average Bonchev–Trinajstić information content (AvgIpc) is 3.89. The van der Waals surface area contributed by atoms with E-state index in [1.54, 1.807) is 0 Å². The van der Waals surface area contributed by atoms with Gasteiger partial charge < -0.3 is 89.8 Å². The molecule has 8 unspecified atom stereocenters. The third kappa shape index (κ3) is 33.1. The number of hydrogen-bond donors (Lipinski definition) is 12. The molecule has 2 saturated heterocycles. The number of hydrogen-bond acceptors (Lipinski definition) is 18. The molecule has 2 aliphatic heterocycles. The molecule has 0 amide bonds. The van der Waals surface area contributed by atoms with Crippen molar-refractivity contribution < 1.29 is 89.8 Å². The topological polar surface area (TPSA) is 314 Å². The Morgan fingerprint density at radius 2 is 0.900 bits per heavy atom. The second-order valence-electron chi connectivity index (χ2n) is 18.9. The highest BCUT2D eigenvalue weighted by molar-refractivity contribution is 5.77. The lowest BCUT2D eigenvalue weighted by atomic mass is 10.0. The Morgan fingerprint density at radius 1 is 0.529 bits per heavy atom. The highest BCUT2D eigenvalue weighted by atomic mass is 16.6. The Hall–Kier alpha value is -1.82. The normalized spacial score (nSPS) is 23.2. The zero-order valence-corrected chi connectivity index (χ0v) is 42.4. The predicted molar refractivity (Wildman–Crippen MR) is 266 cm³/mol. The summed E-state index contributed by atoms with van der Waals surface area (Å²) in [6.07, 6.45) is 20.7. The minimum Gasteiger partial charge on any atom is -0.394 e. The summed E-state index contributed by atoms with van der Waals surface area (Å²) in [6.45, 7) is 5.07. The van der Waals surface area contributed by atoms with Crippen LogP contribution in [-0.4, -0.2) is 200 Å². The summed E-state index contributed by atoms with van der Waals surface area (Å²) in [7, 11) is 0.